The molecule has 2 heterocycles. The summed E-state index contributed by atoms with van der Waals surface area (Å²) in [6.07, 6.45) is 0.370. The monoisotopic (exact) mass is 310 g/mol. The van der Waals surface area contributed by atoms with Gasteiger partial charge in [-0.2, -0.15) is 0 Å². The number of nitrogens with one attached hydrogen (secondary N) is 1. The lowest BCUT2D eigenvalue weighted by molar-refractivity contribution is -0.149. The molecule has 7 heteroatoms. The Morgan fingerprint density at radius 3 is 2.68 bits per heavy atom. The van der Waals surface area contributed by atoms with Crippen LogP contribution in [-0.4, -0.2) is 45.6 Å². The van der Waals surface area contributed by atoms with Crippen molar-refractivity contribution in [3.63, 3.8) is 0 Å². The molecule has 1 aromatic rings. The zero-order valence-electron chi connectivity index (χ0n) is 12.6. The van der Waals surface area contributed by atoms with Gasteiger partial charge in [0.05, 0.1) is 6.54 Å². The number of aromatic nitrogens is 1. The molecule has 0 aliphatic carbocycles. The number of aromatic amines is 1. The van der Waals surface area contributed by atoms with Crippen LogP contribution in [0.3, 0.4) is 0 Å². The molecule has 1 atom stereocenters. The first-order valence-corrected chi connectivity index (χ1v) is 7.16. The molecule has 0 bridgehead atoms. The first-order chi connectivity index (χ1) is 10.2. The number of rotatable bonds is 4. The number of hydrogen-bond donors (Lipinski definition) is 2. The summed E-state index contributed by atoms with van der Waals surface area (Å²) in [5.41, 5.74) is -2.01. The standard InChI is InChI=1S/C15H19FN2O4/c1-9(2)5-11-6-10(7-12(19)17-11)13(20)18-4-3-15(16,8-18)14(21)22/h6-7,9H,3-5,8H2,1-2H3,(H,17,19)(H,21,22)/t15-/m0/s1. The van der Waals surface area contributed by atoms with Gasteiger partial charge in [-0.05, 0) is 18.4 Å². The van der Waals surface area contributed by atoms with Crippen molar-refractivity contribution in [2.45, 2.75) is 32.4 Å². The lowest BCUT2D eigenvalue weighted by Crippen LogP contribution is -2.39. The largest absolute Gasteiger partial charge is 0.479 e. The summed E-state index contributed by atoms with van der Waals surface area (Å²) in [5.74, 6) is -1.77. The number of carbonyl (C=O) groups is 2. The first kappa shape index (κ1) is 16.2. The van der Waals surface area contributed by atoms with E-state index in [1.54, 1.807) is 6.07 Å². The number of carboxylic acids is 1. The summed E-state index contributed by atoms with van der Waals surface area (Å²) < 4.78 is 14.0. The zero-order valence-corrected chi connectivity index (χ0v) is 12.6. The van der Waals surface area contributed by atoms with Crippen LogP contribution < -0.4 is 5.56 Å². The Hall–Kier alpha value is -2.18. The summed E-state index contributed by atoms with van der Waals surface area (Å²) in [5, 5.41) is 8.86. The topological polar surface area (TPSA) is 90.5 Å². The van der Waals surface area contributed by atoms with E-state index in [1.807, 2.05) is 13.8 Å². The average Bonchev–Trinajstić information content (AvgIpc) is 2.80. The summed E-state index contributed by atoms with van der Waals surface area (Å²) in [6.45, 7) is 3.50. The van der Waals surface area contributed by atoms with Crippen molar-refractivity contribution >= 4 is 11.9 Å². The highest BCUT2D eigenvalue weighted by Crippen LogP contribution is 2.27. The molecular weight excluding hydrogens is 291 g/mol. The molecule has 1 aliphatic heterocycles. The first-order valence-electron chi connectivity index (χ1n) is 7.16. The molecule has 1 aliphatic rings. The van der Waals surface area contributed by atoms with Gasteiger partial charge in [0.25, 0.3) is 5.91 Å². The van der Waals surface area contributed by atoms with E-state index in [-0.39, 0.29) is 18.5 Å². The van der Waals surface area contributed by atoms with E-state index >= 15 is 0 Å². The Kier molecular flexibility index (Phi) is 4.35. The number of pyridine rings is 1. The summed E-state index contributed by atoms with van der Waals surface area (Å²) in [6, 6.07) is 2.73. The Balaban J connectivity index is 2.22. The Morgan fingerprint density at radius 2 is 2.14 bits per heavy atom. The molecule has 0 unspecified atom stereocenters. The number of hydrogen-bond acceptors (Lipinski definition) is 3. The number of carboxylic acid groups (broad SMARTS) is 1. The number of aliphatic carboxylic acids is 1. The number of carbonyl (C=O) groups excluding carboxylic acids is 1. The van der Waals surface area contributed by atoms with E-state index in [9.17, 15) is 18.8 Å². The fourth-order valence-corrected chi connectivity index (χ4v) is 2.58. The van der Waals surface area contributed by atoms with Crippen LogP contribution in [-0.2, 0) is 11.2 Å². The third-order valence-electron chi connectivity index (χ3n) is 3.67. The van der Waals surface area contributed by atoms with Crippen molar-refractivity contribution in [3.8, 4) is 0 Å². The molecule has 2 N–H and O–H groups in total. The molecule has 1 aromatic heterocycles. The van der Waals surface area contributed by atoms with Crippen molar-refractivity contribution < 1.29 is 19.1 Å². The van der Waals surface area contributed by atoms with Gasteiger partial charge >= 0.3 is 5.97 Å². The minimum Gasteiger partial charge on any atom is -0.479 e. The summed E-state index contributed by atoms with van der Waals surface area (Å²) in [4.78, 5) is 38.7. The number of nitrogens with zero attached hydrogens (tertiary/aromatic N) is 1. The van der Waals surface area contributed by atoms with Crippen molar-refractivity contribution in [1.82, 2.24) is 9.88 Å². The van der Waals surface area contributed by atoms with E-state index in [0.717, 1.165) is 11.0 Å². The zero-order chi connectivity index (χ0) is 16.5. The van der Waals surface area contributed by atoms with Crippen molar-refractivity contribution in [3.05, 3.63) is 33.7 Å². The maximum Gasteiger partial charge on any atom is 0.343 e. The van der Waals surface area contributed by atoms with Gasteiger partial charge in [-0.25, -0.2) is 9.18 Å². The lowest BCUT2D eigenvalue weighted by Gasteiger charge is -2.18. The molecular formula is C15H19FN2O4. The second-order valence-corrected chi connectivity index (χ2v) is 6.10. The van der Waals surface area contributed by atoms with Crippen LogP contribution in [0.25, 0.3) is 0 Å². The van der Waals surface area contributed by atoms with Gasteiger partial charge in [0.2, 0.25) is 11.2 Å². The predicted molar refractivity (Wildman–Crippen MR) is 77.6 cm³/mol. The Labute approximate surface area is 126 Å². The predicted octanol–water partition coefficient (Wildman–Crippen LogP) is 1.21. The molecule has 22 heavy (non-hydrogen) atoms. The SMILES string of the molecule is CC(C)Cc1cc(C(=O)N2CC[C@@](F)(C(=O)O)C2)cc(=O)[nH]1. The van der Waals surface area contributed by atoms with Gasteiger partial charge in [0.15, 0.2) is 0 Å². The van der Waals surface area contributed by atoms with E-state index in [0.29, 0.717) is 18.0 Å². The van der Waals surface area contributed by atoms with Gasteiger partial charge in [-0.1, -0.05) is 13.8 Å². The van der Waals surface area contributed by atoms with E-state index in [2.05, 4.69) is 4.98 Å². The second kappa shape index (κ2) is 5.90. The van der Waals surface area contributed by atoms with E-state index in [4.69, 9.17) is 5.11 Å². The van der Waals surface area contributed by atoms with Gasteiger partial charge in [-0.15, -0.1) is 0 Å². The summed E-state index contributed by atoms with van der Waals surface area (Å²) in [7, 11) is 0. The normalized spacial score (nSPS) is 21.4. The highest BCUT2D eigenvalue weighted by molar-refractivity contribution is 5.95. The van der Waals surface area contributed by atoms with Gasteiger partial charge in [0.1, 0.15) is 0 Å². The number of amides is 1. The fourth-order valence-electron chi connectivity index (χ4n) is 2.58. The minimum absolute atomic E-state index is 0.0218. The van der Waals surface area contributed by atoms with Gasteiger partial charge < -0.3 is 15.0 Å². The number of likely N-dealkylation sites (tertiary alicyclic amines) is 1. The third kappa shape index (κ3) is 3.35. The number of alkyl halides is 1. The molecule has 0 spiro atoms. The van der Waals surface area contributed by atoms with Crippen LogP contribution in [0.2, 0.25) is 0 Å². The molecule has 0 radical (unpaired) electrons. The highest BCUT2D eigenvalue weighted by atomic mass is 19.1. The van der Waals surface area contributed by atoms with Gasteiger partial charge in [-0.3, -0.25) is 9.59 Å². The number of H-pyrrole nitrogens is 1. The van der Waals surface area contributed by atoms with Crippen LogP contribution in [0.15, 0.2) is 16.9 Å². The second-order valence-electron chi connectivity index (χ2n) is 6.10. The van der Waals surface area contributed by atoms with Crippen LogP contribution in [0, 0.1) is 5.92 Å². The van der Waals surface area contributed by atoms with Crippen LogP contribution >= 0.6 is 0 Å². The van der Waals surface area contributed by atoms with Crippen LogP contribution in [0.5, 0.6) is 0 Å². The lowest BCUT2D eigenvalue weighted by atomic mass is 10.1. The Bertz CT molecular complexity index is 655. The minimum atomic E-state index is -2.41. The summed E-state index contributed by atoms with van der Waals surface area (Å²) >= 11 is 0. The Morgan fingerprint density at radius 1 is 1.45 bits per heavy atom. The maximum absolute atomic E-state index is 14.0. The van der Waals surface area contributed by atoms with Crippen molar-refractivity contribution in [2.24, 2.45) is 5.92 Å². The van der Waals surface area contributed by atoms with Crippen LogP contribution in [0.1, 0.15) is 36.3 Å². The van der Waals surface area contributed by atoms with E-state index < -0.39 is 29.6 Å². The molecule has 0 aromatic carbocycles. The molecule has 1 amide bonds. The highest BCUT2D eigenvalue weighted by Gasteiger charge is 2.47. The third-order valence-corrected chi connectivity index (χ3v) is 3.67. The van der Waals surface area contributed by atoms with Crippen LogP contribution in [0.4, 0.5) is 4.39 Å². The van der Waals surface area contributed by atoms with Crippen molar-refractivity contribution in [1.29, 1.82) is 0 Å². The molecule has 6 nitrogen and oxygen atoms in total. The van der Waals surface area contributed by atoms with Crippen molar-refractivity contribution in [2.75, 3.05) is 13.1 Å². The quantitative estimate of drug-likeness (QED) is 0.874. The smallest absolute Gasteiger partial charge is 0.343 e. The number of halogens is 1. The molecule has 120 valence electrons. The average molecular weight is 310 g/mol. The molecule has 2 rings (SSSR count). The van der Waals surface area contributed by atoms with Gasteiger partial charge in [0, 0.05) is 30.3 Å². The molecule has 1 saturated heterocycles. The molecule has 0 saturated carbocycles. The molecule has 1 fully saturated rings. The fraction of sp³-hybridized carbons (Fsp3) is 0.533. The maximum atomic E-state index is 14.0. The van der Waals surface area contributed by atoms with E-state index in [1.165, 1.54) is 0 Å².